The van der Waals surface area contributed by atoms with Crippen LogP contribution in [-0.2, 0) is 61.1 Å². The number of ether oxygens (including phenoxy) is 5. The monoisotopic (exact) mass is 708 g/mol. The maximum atomic E-state index is 11.2. The highest BCUT2D eigenvalue weighted by Gasteiger charge is 2.18. The van der Waals surface area contributed by atoms with Crippen molar-refractivity contribution in [3.63, 3.8) is 0 Å². The van der Waals surface area contributed by atoms with Crippen LogP contribution in [-0.4, -0.2) is 134 Å². The third kappa shape index (κ3) is 37.0. The summed E-state index contributed by atoms with van der Waals surface area (Å²) in [5.74, 6) is -1.64. The summed E-state index contributed by atoms with van der Waals surface area (Å²) >= 11 is 0. The van der Waals surface area contributed by atoms with Crippen molar-refractivity contribution in [2.24, 2.45) is 0 Å². The molecule has 0 spiro atoms. The highest BCUT2D eigenvalue weighted by atomic mass is 33.1. The maximum absolute atomic E-state index is 11.2. The first-order chi connectivity index (χ1) is 16.8. The summed E-state index contributed by atoms with van der Waals surface area (Å²) in [6.45, 7) is -0.729. The lowest BCUT2D eigenvalue weighted by Gasteiger charge is -2.21. The van der Waals surface area contributed by atoms with Gasteiger partial charge < -0.3 is 23.7 Å². The minimum absolute atomic E-state index is 0. The quantitative estimate of drug-likeness (QED) is 0.123. The Hall–Kier alpha value is 1.000. The molecule has 0 saturated carbocycles. The van der Waals surface area contributed by atoms with Crippen molar-refractivity contribution in [1.82, 2.24) is 0 Å². The summed E-state index contributed by atoms with van der Waals surface area (Å²) in [7, 11) is -8.93. The summed E-state index contributed by atoms with van der Waals surface area (Å²) in [5, 5.41) is 0. The zero-order valence-corrected chi connectivity index (χ0v) is 27.9. The lowest BCUT2D eigenvalue weighted by Crippen LogP contribution is -2.32. The van der Waals surface area contributed by atoms with Gasteiger partial charge in [0, 0.05) is 25.0 Å². The van der Waals surface area contributed by atoms with Crippen LogP contribution < -0.4 is 0 Å². The summed E-state index contributed by atoms with van der Waals surface area (Å²) < 4.78 is 116. The third-order valence-corrected chi connectivity index (χ3v) is 10.1. The van der Waals surface area contributed by atoms with Gasteiger partial charge in [-0.3, -0.25) is 0 Å². The molecular formula is C17H40O13S8. The first kappa shape index (κ1) is 43.5. The molecule has 234 valence electrons. The van der Waals surface area contributed by atoms with E-state index in [0.29, 0.717) is 21.6 Å². The normalized spacial score (nSPS) is 14.2. The van der Waals surface area contributed by atoms with Crippen molar-refractivity contribution in [2.45, 2.75) is 19.6 Å². The Morgan fingerprint density at radius 2 is 0.842 bits per heavy atom. The summed E-state index contributed by atoms with van der Waals surface area (Å²) in [6.07, 6.45) is 6.42. The van der Waals surface area contributed by atoms with Gasteiger partial charge in [-0.15, -0.1) is 0 Å². The summed E-state index contributed by atoms with van der Waals surface area (Å²) in [5.41, 5.74) is 0. The van der Waals surface area contributed by atoms with Crippen LogP contribution >= 0.6 is 43.2 Å². The largest absolute Gasteiger partial charge is 0.376 e. The Bertz CT molecular complexity index is 854. The molecule has 0 N–H and O–H groups in total. The molecule has 13 nitrogen and oxygen atoms in total. The molecule has 2 atom stereocenters. The van der Waals surface area contributed by atoms with Gasteiger partial charge in [0.2, 0.25) is 17.7 Å². The molecule has 2 unspecified atom stereocenters. The predicted octanol–water partition coefficient (Wildman–Crippen LogP) is 1.37. The fourth-order valence-electron chi connectivity index (χ4n) is 1.70. The van der Waals surface area contributed by atoms with Gasteiger partial charge >= 0.3 is 0 Å². The molecule has 21 heteroatoms. The maximum Gasteiger partial charge on any atom is 0.200 e. The molecule has 0 amide bonds. The molecule has 0 radical (unpaired) electrons. The van der Waals surface area contributed by atoms with Gasteiger partial charge in [0.25, 0.3) is 0 Å². The van der Waals surface area contributed by atoms with E-state index < -0.39 is 61.5 Å². The van der Waals surface area contributed by atoms with E-state index in [-0.39, 0.29) is 45.7 Å². The van der Waals surface area contributed by atoms with Crippen LogP contribution in [0.3, 0.4) is 0 Å². The van der Waals surface area contributed by atoms with Gasteiger partial charge in [0.15, 0.2) is 19.7 Å². The van der Waals surface area contributed by atoms with Crippen LogP contribution in [0.25, 0.3) is 0 Å². The average molecular weight is 709 g/mol. The van der Waals surface area contributed by atoms with Crippen molar-refractivity contribution in [1.29, 1.82) is 0 Å². The van der Waals surface area contributed by atoms with E-state index in [1.54, 1.807) is 21.6 Å². The first-order valence-corrected chi connectivity index (χ1v) is 23.7. The van der Waals surface area contributed by atoms with Crippen molar-refractivity contribution >= 4 is 80.6 Å². The zero-order valence-electron chi connectivity index (χ0n) is 21.4. The number of hydrogen-bond acceptors (Lipinski definition) is 17. The van der Waals surface area contributed by atoms with E-state index in [0.717, 1.165) is 25.0 Å². The summed E-state index contributed by atoms with van der Waals surface area (Å²) in [6, 6.07) is 0. The van der Waals surface area contributed by atoms with E-state index >= 15 is 0 Å². The number of sulfone groups is 2. The molecule has 0 aliphatic heterocycles. The Morgan fingerprint density at radius 1 is 0.553 bits per heavy atom. The Labute approximate surface area is 243 Å². The molecule has 0 aliphatic rings. The van der Waals surface area contributed by atoms with Crippen LogP contribution in [0.5, 0.6) is 0 Å². The minimum atomic E-state index is -3.40. The SMILES string of the molecule is C.CS(=O)(=O)COCC(COCC(COCS(C)(=O)=O)OCSS(C)(=O)=O)OCSS(C)(=O)=O.CSSC. The van der Waals surface area contributed by atoms with E-state index in [1.165, 1.54) is 0 Å². The smallest absolute Gasteiger partial charge is 0.200 e. The topological polar surface area (TPSA) is 183 Å². The van der Waals surface area contributed by atoms with E-state index in [1.807, 2.05) is 0 Å². The van der Waals surface area contributed by atoms with Gasteiger partial charge in [0.1, 0.15) is 36.0 Å². The molecule has 0 aromatic carbocycles. The highest BCUT2D eigenvalue weighted by molar-refractivity contribution is 8.76. The van der Waals surface area contributed by atoms with Crippen LogP contribution in [0.4, 0.5) is 0 Å². The van der Waals surface area contributed by atoms with Crippen LogP contribution in [0.2, 0.25) is 0 Å². The zero-order chi connectivity index (χ0) is 29.2. The molecule has 0 bridgehead atoms. The molecule has 0 aromatic heterocycles. The number of rotatable bonds is 21. The molecule has 0 aliphatic carbocycles. The fraction of sp³-hybridized carbons (Fsp3) is 1.00. The van der Waals surface area contributed by atoms with E-state index in [9.17, 15) is 33.7 Å². The van der Waals surface area contributed by atoms with Crippen LogP contribution in [0.15, 0.2) is 0 Å². The third-order valence-electron chi connectivity index (χ3n) is 3.11. The van der Waals surface area contributed by atoms with Crippen molar-refractivity contribution in [3.8, 4) is 0 Å². The minimum Gasteiger partial charge on any atom is -0.376 e. The molecule has 38 heavy (non-hydrogen) atoms. The second kappa shape index (κ2) is 22.6. The van der Waals surface area contributed by atoms with Gasteiger partial charge in [-0.2, -0.15) is 0 Å². The molecule has 0 rings (SSSR count). The van der Waals surface area contributed by atoms with Crippen molar-refractivity contribution in [2.75, 3.05) is 87.7 Å². The molecule has 0 aromatic rings. The van der Waals surface area contributed by atoms with Crippen LogP contribution in [0.1, 0.15) is 7.43 Å². The lowest BCUT2D eigenvalue weighted by atomic mass is 10.4. The number of hydrogen-bond donors (Lipinski definition) is 0. The first-order valence-electron chi connectivity index (χ1n) is 9.85. The second-order valence-electron chi connectivity index (χ2n) is 7.16. The predicted molar refractivity (Wildman–Crippen MR) is 160 cm³/mol. The van der Waals surface area contributed by atoms with Gasteiger partial charge in [-0.25, -0.2) is 33.7 Å². The molecule has 0 heterocycles. The van der Waals surface area contributed by atoms with Crippen LogP contribution in [0, 0.1) is 0 Å². The molecular weight excluding hydrogens is 669 g/mol. The standard InChI is InChI=1S/C14H30O13S6.C2H6S2.CH4/c1-30(15,16)11-24-7-13(26-9-28-32(3,19)20)5-23-6-14(8-25-12-31(2,17)18)27-10-29-33(4,21)22;1-3-4-2;/h13-14H,5-12H2,1-4H3;1-2H3;1H4. The van der Waals surface area contributed by atoms with Gasteiger partial charge in [-0.1, -0.05) is 29.0 Å². The summed E-state index contributed by atoms with van der Waals surface area (Å²) in [4.78, 5) is 0. The lowest BCUT2D eigenvalue weighted by molar-refractivity contribution is -0.0761. The van der Waals surface area contributed by atoms with Crippen molar-refractivity contribution < 1.29 is 57.4 Å². The average Bonchev–Trinajstić information content (AvgIpc) is 2.69. The fourth-order valence-corrected chi connectivity index (χ4v) is 4.73. The Kier molecular flexibility index (Phi) is 25.8. The van der Waals surface area contributed by atoms with Crippen molar-refractivity contribution in [3.05, 3.63) is 0 Å². The van der Waals surface area contributed by atoms with E-state index in [4.69, 9.17) is 23.7 Å². The Balaban J connectivity index is -0.00000227. The highest BCUT2D eigenvalue weighted by Crippen LogP contribution is 2.13. The second-order valence-corrected chi connectivity index (χ2v) is 22.8. The Morgan fingerprint density at radius 3 is 1.08 bits per heavy atom. The molecule has 0 fully saturated rings. The van der Waals surface area contributed by atoms with Gasteiger partial charge in [0.05, 0.1) is 26.4 Å². The van der Waals surface area contributed by atoms with Gasteiger partial charge in [-0.05, 0) is 34.1 Å². The molecule has 0 saturated heterocycles. The van der Waals surface area contributed by atoms with E-state index in [2.05, 4.69) is 12.5 Å².